The molecule has 0 fully saturated rings. The fourth-order valence-electron chi connectivity index (χ4n) is 1.50. The van der Waals surface area contributed by atoms with Gasteiger partial charge < -0.3 is 5.32 Å². The van der Waals surface area contributed by atoms with Gasteiger partial charge >= 0.3 is 0 Å². The standard InChI is InChI=1S/C13H17ClINO/c1-9-5-4-6-10(11(9)15)12(17)16-13(2,3)7-8-14/h4-6H,7-8H2,1-3H3,(H,16,17). The molecule has 0 aromatic heterocycles. The third kappa shape index (κ3) is 4.14. The van der Waals surface area contributed by atoms with Crippen molar-refractivity contribution < 1.29 is 4.79 Å². The van der Waals surface area contributed by atoms with Crippen molar-refractivity contribution in [2.24, 2.45) is 0 Å². The van der Waals surface area contributed by atoms with E-state index >= 15 is 0 Å². The molecule has 0 aliphatic carbocycles. The average Bonchev–Trinajstić information content (AvgIpc) is 2.21. The minimum absolute atomic E-state index is 0.0341. The third-order valence-corrected chi connectivity index (χ3v) is 4.23. The van der Waals surface area contributed by atoms with Crippen molar-refractivity contribution in [3.05, 3.63) is 32.9 Å². The molecule has 0 aliphatic heterocycles. The first-order valence-corrected chi connectivity index (χ1v) is 7.12. The highest BCUT2D eigenvalue weighted by atomic mass is 127. The Morgan fingerprint density at radius 3 is 2.71 bits per heavy atom. The highest BCUT2D eigenvalue weighted by Crippen LogP contribution is 2.18. The lowest BCUT2D eigenvalue weighted by molar-refractivity contribution is 0.0910. The largest absolute Gasteiger partial charge is 0.347 e. The average molecular weight is 366 g/mol. The summed E-state index contributed by atoms with van der Waals surface area (Å²) in [4.78, 5) is 12.1. The van der Waals surface area contributed by atoms with Crippen LogP contribution in [0.15, 0.2) is 18.2 Å². The zero-order valence-electron chi connectivity index (χ0n) is 10.3. The number of halogens is 2. The van der Waals surface area contributed by atoms with Crippen molar-refractivity contribution in [2.45, 2.75) is 32.7 Å². The second-order valence-corrected chi connectivity index (χ2v) is 6.17. The number of alkyl halides is 1. The molecule has 0 heterocycles. The van der Waals surface area contributed by atoms with Gasteiger partial charge in [0.05, 0.1) is 5.56 Å². The Morgan fingerprint density at radius 2 is 2.12 bits per heavy atom. The topological polar surface area (TPSA) is 29.1 Å². The van der Waals surface area contributed by atoms with E-state index < -0.39 is 0 Å². The van der Waals surface area contributed by atoms with Crippen molar-refractivity contribution >= 4 is 40.1 Å². The summed E-state index contributed by atoms with van der Waals surface area (Å²) < 4.78 is 1.00. The maximum Gasteiger partial charge on any atom is 0.252 e. The zero-order chi connectivity index (χ0) is 13.1. The molecule has 0 bridgehead atoms. The third-order valence-electron chi connectivity index (χ3n) is 2.61. The summed E-state index contributed by atoms with van der Waals surface area (Å²) in [5.74, 6) is 0.506. The first-order chi connectivity index (χ1) is 7.87. The molecule has 1 aromatic rings. The fourth-order valence-corrected chi connectivity index (χ4v) is 2.57. The molecule has 4 heteroatoms. The summed E-state index contributed by atoms with van der Waals surface area (Å²) >= 11 is 7.93. The summed E-state index contributed by atoms with van der Waals surface area (Å²) in [6.07, 6.45) is 0.753. The monoisotopic (exact) mass is 365 g/mol. The predicted molar refractivity (Wildman–Crippen MR) is 80.8 cm³/mol. The van der Waals surface area contributed by atoms with E-state index in [2.05, 4.69) is 27.9 Å². The molecule has 0 saturated carbocycles. The van der Waals surface area contributed by atoms with Crippen molar-refractivity contribution in [1.29, 1.82) is 0 Å². The fraction of sp³-hybridized carbons (Fsp3) is 0.462. The number of amides is 1. The number of hydrogen-bond acceptors (Lipinski definition) is 1. The van der Waals surface area contributed by atoms with Crippen LogP contribution in [0.4, 0.5) is 0 Å². The van der Waals surface area contributed by atoms with E-state index in [0.717, 1.165) is 21.1 Å². The lowest BCUT2D eigenvalue weighted by atomic mass is 10.0. The normalized spacial score (nSPS) is 11.4. The SMILES string of the molecule is Cc1cccc(C(=O)NC(C)(C)CCCl)c1I. The van der Waals surface area contributed by atoms with E-state index in [-0.39, 0.29) is 11.4 Å². The smallest absolute Gasteiger partial charge is 0.252 e. The zero-order valence-corrected chi connectivity index (χ0v) is 13.2. The van der Waals surface area contributed by atoms with Gasteiger partial charge in [-0.25, -0.2) is 0 Å². The second-order valence-electron chi connectivity index (χ2n) is 4.71. The summed E-state index contributed by atoms with van der Waals surface area (Å²) in [7, 11) is 0. The minimum atomic E-state index is -0.272. The molecule has 2 nitrogen and oxygen atoms in total. The summed E-state index contributed by atoms with van der Waals surface area (Å²) in [6, 6.07) is 5.75. The molecule has 0 spiro atoms. The second kappa shape index (κ2) is 6.05. The van der Waals surface area contributed by atoms with Gasteiger partial charge in [0.15, 0.2) is 0 Å². The van der Waals surface area contributed by atoms with Gasteiger partial charge in [0, 0.05) is 15.0 Å². The molecule has 94 valence electrons. The van der Waals surface area contributed by atoms with Crippen molar-refractivity contribution in [3.63, 3.8) is 0 Å². The van der Waals surface area contributed by atoms with Crippen molar-refractivity contribution in [1.82, 2.24) is 5.32 Å². The van der Waals surface area contributed by atoms with Crippen LogP contribution in [0.25, 0.3) is 0 Å². The molecule has 0 aliphatic rings. The number of carbonyl (C=O) groups is 1. The van der Waals surface area contributed by atoms with E-state index in [1.54, 1.807) is 0 Å². The van der Waals surface area contributed by atoms with Crippen LogP contribution < -0.4 is 5.32 Å². The summed E-state index contributed by atoms with van der Waals surface area (Å²) in [5, 5.41) is 3.01. The van der Waals surface area contributed by atoms with Crippen LogP contribution in [0, 0.1) is 10.5 Å². The molecule has 0 atom stereocenters. The number of benzene rings is 1. The van der Waals surface area contributed by atoms with E-state index in [1.807, 2.05) is 39.0 Å². The van der Waals surface area contributed by atoms with E-state index in [0.29, 0.717) is 5.88 Å². The van der Waals surface area contributed by atoms with Gasteiger partial charge in [-0.05, 0) is 61.4 Å². The first-order valence-electron chi connectivity index (χ1n) is 5.51. The van der Waals surface area contributed by atoms with Gasteiger partial charge in [-0.3, -0.25) is 4.79 Å². The number of hydrogen-bond donors (Lipinski definition) is 1. The highest BCUT2D eigenvalue weighted by Gasteiger charge is 2.21. The molecule has 0 radical (unpaired) electrons. The van der Waals surface area contributed by atoms with Crippen molar-refractivity contribution in [2.75, 3.05) is 5.88 Å². The molecule has 1 N–H and O–H groups in total. The Hall–Kier alpha value is -0.290. The van der Waals surface area contributed by atoms with Gasteiger partial charge in [0.25, 0.3) is 5.91 Å². The van der Waals surface area contributed by atoms with E-state index in [4.69, 9.17) is 11.6 Å². The summed E-state index contributed by atoms with van der Waals surface area (Å²) in [5.41, 5.74) is 1.58. The van der Waals surface area contributed by atoms with Crippen LogP contribution in [-0.2, 0) is 0 Å². The maximum atomic E-state index is 12.1. The summed E-state index contributed by atoms with van der Waals surface area (Å²) in [6.45, 7) is 5.97. The van der Waals surface area contributed by atoms with Crippen LogP contribution in [-0.4, -0.2) is 17.3 Å². The lowest BCUT2D eigenvalue weighted by Gasteiger charge is -2.25. The first kappa shape index (κ1) is 14.8. The van der Waals surface area contributed by atoms with Gasteiger partial charge in [-0.2, -0.15) is 0 Å². The van der Waals surface area contributed by atoms with E-state index in [9.17, 15) is 4.79 Å². The molecular formula is C13H17ClINO. The van der Waals surface area contributed by atoms with Crippen LogP contribution in [0.1, 0.15) is 36.2 Å². The molecular weight excluding hydrogens is 349 g/mol. The van der Waals surface area contributed by atoms with Gasteiger partial charge in [-0.1, -0.05) is 12.1 Å². The number of rotatable bonds is 4. The van der Waals surface area contributed by atoms with Crippen LogP contribution in [0.3, 0.4) is 0 Å². The Morgan fingerprint density at radius 1 is 1.47 bits per heavy atom. The lowest BCUT2D eigenvalue weighted by Crippen LogP contribution is -2.44. The Kier molecular flexibility index (Phi) is 5.25. The Labute approximate surface area is 121 Å². The Balaban J connectivity index is 2.87. The minimum Gasteiger partial charge on any atom is -0.347 e. The number of carbonyl (C=O) groups excluding carboxylic acids is 1. The van der Waals surface area contributed by atoms with Crippen LogP contribution in [0.2, 0.25) is 0 Å². The van der Waals surface area contributed by atoms with Crippen LogP contribution >= 0.6 is 34.2 Å². The molecule has 1 amide bonds. The van der Waals surface area contributed by atoms with Crippen LogP contribution in [0.5, 0.6) is 0 Å². The van der Waals surface area contributed by atoms with Gasteiger partial charge in [0.2, 0.25) is 0 Å². The Bertz CT molecular complexity index is 418. The molecule has 1 aromatic carbocycles. The van der Waals surface area contributed by atoms with E-state index in [1.165, 1.54) is 0 Å². The molecule has 17 heavy (non-hydrogen) atoms. The quantitative estimate of drug-likeness (QED) is 0.639. The molecule has 1 rings (SSSR count). The van der Waals surface area contributed by atoms with Crippen molar-refractivity contribution in [3.8, 4) is 0 Å². The number of nitrogens with one attached hydrogen (secondary N) is 1. The predicted octanol–water partition coefficient (Wildman–Crippen LogP) is 3.74. The number of aryl methyl sites for hydroxylation is 1. The van der Waals surface area contributed by atoms with Gasteiger partial charge in [-0.15, -0.1) is 11.6 Å². The van der Waals surface area contributed by atoms with Gasteiger partial charge in [0.1, 0.15) is 0 Å². The molecule has 0 unspecified atom stereocenters. The highest BCUT2D eigenvalue weighted by molar-refractivity contribution is 14.1. The maximum absolute atomic E-state index is 12.1. The molecule has 0 saturated heterocycles.